The highest BCUT2D eigenvalue weighted by Gasteiger charge is 2.15. The predicted octanol–water partition coefficient (Wildman–Crippen LogP) is 3.52. The van der Waals surface area contributed by atoms with Crippen LogP contribution in [-0.2, 0) is 6.42 Å². The van der Waals surface area contributed by atoms with Crippen LogP contribution in [0.1, 0.15) is 43.7 Å². The minimum absolute atomic E-state index is 0.600. The van der Waals surface area contributed by atoms with Crippen molar-refractivity contribution in [2.75, 3.05) is 13.1 Å². The van der Waals surface area contributed by atoms with E-state index >= 15 is 0 Å². The number of aromatic amines is 1. The van der Waals surface area contributed by atoms with Gasteiger partial charge in [-0.2, -0.15) is 0 Å². The summed E-state index contributed by atoms with van der Waals surface area (Å²) in [6.07, 6.45) is 8.31. The minimum atomic E-state index is 0.600. The molecule has 2 aromatic rings. The van der Waals surface area contributed by atoms with Gasteiger partial charge in [0.25, 0.3) is 0 Å². The van der Waals surface area contributed by atoms with Crippen molar-refractivity contribution in [3.05, 3.63) is 35.5 Å². The second-order valence-corrected chi connectivity index (χ2v) is 6.45. The van der Waals surface area contributed by atoms with Crippen LogP contribution in [0.15, 0.2) is 29.4 Å². The molecule has 1 heterocycles. The zero-order chi connectivity index (χ0) is 16.1. The summed E-state index contributed by atoms with van der Waals surface area (Å²) < 4.78 is 0. The fourth-order valence-electron chi connectivity index (χ4n) is 3.52. The third kappa shape index (κ3) is 3.87. The van der Waals surface area contributed by atoms with Gasteiger partial charge in [0.1, 0.15) is 0 Å². The maximum atomic E-state index is 4.77. The van der Waals surface area contributed by atoms with Crippen LogP contribution in [-0.4, -0.2) is 30.1 Å². The van der Waals surface area contributed by atoms with Crippen LogP contribution in [0.4, 0.5) is 0 Å². The summed E-state index contributed by atoms with van der Waals surface area (Å²) in [5, 5.41) is 8.30. The molecule has 1 aromatic carbocycles. The first-order chi connectivity index (χ1) is 11.3. The summed E-state index contributed by atoms with van der Waals surface area (Å²) in [7, 11) is 0. The molecule has 0 aliphatic heterocycles. The molecule has 1 saturated carbocycles. The number of fused-ring (bicyclic) bond motifs is 1. The smallest absolute Gasteiger partial charge is 0.191 e. The molecule has 4 nitrogen and oxygen atoms in total. The largest absolute Gasteiger partial charge is 0.361 e. The summed E-state index contributed by atoms with van der Waals surface area (Å²) in [5.74, 6) is 0.968. The van der Waals surface area contributed by atoms with Gasteiger partial charge in [-0.1, -0.05) is 25.0 Å². The Labute approximate surface area is 138 Å². The highest BCUT2D eigenvalue weighted by atomic mass is 15.2. The molecule has 124 valence electrons. The summed E-state index contributed by atoms with van der Waals surface area (Å²) >= 11 is 0. The second kappa shape index (κ2) is 7.53. The number of hydrogen-bond donors (Lipinski definition) is 3. The normalized spacial score (nSPS) is 16.2. The van der Waals surface area contributed by atoms with Crippen molar-refractivity contribution in [1.82, 2.24) is 15.6 Å². The van der Waals surface area contributed by atoms with Crippen LogP contribution in [0.2, 0.25) is 0 Å². The lowest BCUT2D eigenvalue weighted by Gasteiger charge is -2.16. The number of hydrogen-bond acceptors (Lipinski definition) is 1. The molecule has 1 fully saturated rings. The van der Waals surface area contributed by atoms with E-state index in [1.54, 1.807) is 0 Å². The van der Waals surface area contributed by atoms with Crippen LogP contribution in [0.3, 0.4) is 0 Å². The van der Waals surface area contributed by atoms with Crippen LogP contribution in [0, 0.1) is 6.92 Å². The Morgan fingerprint density at radius 3 is 2.91 bits per heavy atom. The maximum Gasteiger partial charge on any atom is 0.191 e. The zero-order valence-electron chi connectivity index (χ0n) is 14.3. The Morgan fingerprint density at radius 1 is 1.30 bits per heavy atom. The number of guanidine groups is 1. The van der Waals surface area contributed by atoms with Gasteiger partial charge in [0.05, 0.1) is 0 Å². The van der Waals surface area contributed by atoms with Gasteiger partial charge < -0.3 is 15.6 Å². The van der Waals surface area contributed by atoms with E-state index in [1.807, 2.05) is 0 Å². The van der Waals surface area contributed by atoms with E-state index < -0.39 is 0 Å². The van der Waals surface area contributed by atoms with E-state index in [0.717, 1.165) is 25.5 Å². The number of H-pyrrole nitrogens is 1. The Morgan fingerprint density at radius 2 is 2.13 bits per heavy atom. The van der Waals surface area contributed by atoms with E-state index in [0.29, 0.717) is 6.04 Å². The van der Waals surface area contributed by atoms with E-state index in [2.05, 4.69) is 53.9 Å². The highest BCUT2D eigenvalue weighted by Crippen LogP contribution is 2.22. The first-order valence-electron chi connectivity index (χ1n) is 8.88. The quantitative estimate of drug-likeness (QED) is 0.584. The van der Waals surface area contributed by atoms with Crippen molar-refractivity contribution < 1.29 is 0 Å². The summed E-state index contributed by atoms with van der Waals surface area (Å²) in [5.41, 5.74) is 3.91. The summed E-state index contributed by atoms with van der Waals surface area (Å²) in [6, 6.07) is 7.02. The van der Waals surface area contributed by atoms with Crippen molar-refractivity contribution in [3.8, 4) is 0 Å². The average Bonchev–Trinajstić information content (AvgIpc) is 3.18. The van der Waals surface area contributed by atoms with Gasteiger partial charge in [-0.25, -0.2) is 0 Å². The van der Waals surface area contributed by atoms with E-state index in [9.17, 15) is 0 Å². The van der Waals surface area contributed by atoms with Crippen molar-refractivity contribution in [2.45, 2.75) is 52.0 Å². The van der Waals surface area contributed by atoms with Crippen LogP contribution < -0.4 is 10.6 Å². The Bertz CT molecular complexity index is 665. The Hall–Kier alpha value is -1.97. The molecular formula is C19H28N4. The van der Waals surface area contributed by atoms with Crippen molar-refractivity contribution >= 4 is 16.9 Å². The van der Waals surface area contributed by atoms with Gasteiger partial charge in [-0.3, -0.25) is 4.99 Å². The summed E-state index contributed by atoms with van der Waals surface area (Å²) in [4.78, 5) is 8.14. The van der Waals surface area contributed by atoms with E-state index in [1.165, 1.54) is 47.7 Å². The topological polar surface area (TPSA) is 52.2 Å². The number of nitrogens with zero attached hydrogens (tertiary/aromatic N) is 1. The van der Waals surface area contributed by atoms with Gasteiger partial charge in [0.2, 0.25) is 0 Å². The molecule has 23 heavy (non-hydrogen) atoms. The third-order valence-electron chi connectivity index (χ3n) is 4.69. The number of benzene rings is 1. The molecule has 0 bridgehead atoms. The van der Waals surface area contributed by atoms with E-state index in [4.69, 9.17) is 4.99 Å². The van der Waals surface area contributed by atoms with Crippen LogP contribution in [0.5, 0.6) is 0 Å². The molecule has 0 atom stereocenters. The lowest BCUT2D eigenvalue weighted by Crippen LogP contribution is -2.42. The van der Waals surface area contributed by atoms with E-state index in [-0.39, 0.29) is 0 Å². The molecule has 0 spiro atoms. The van der Waals surface area contributed by atoms with Crippen molar-refractivity contribution in [3.63, 3.8) is 0 Å². The maximum absolute atomic E-state index is 4.77. The Balaban J connectivity index is 1.64. The highest BCUT2D eigenvalue weighted by molar-refractivity contribution is 5.86. The molecule has 0 amide bonds. The molecular weight excluding hydrogens is 284 g/mol. The van der Waals surface area contributed by atoms with Crippen LogP contribution >= 0.6 is 0 Å². The summed E-state index contributed by atoms with van der Waals surface area (Å²) in [6.45, 7) is 6.01. The first kappa shape index (κ1) is 15.9. The molecule has 0 radical (unpaired) electrons. The molecule has 1 aromatic heterocycles. The zero-order valence-corrected chi connectivity index (χ0v) is 14.3. The average molecular weight is 312 g/mol. The standard InChI is InChI=1S/C19H28N4/c1-3-20-19(23-16-8-4-5-9-16)21-12-11-15-13-22-17-10-6-7-14(2)18(15)17/h6-7,10,13,16,22H,3-5,8-9,11-12H2,1-2H3,(H2,20,21,23). The number of aryl methyl sites for hydroxylation is 1. The van der Waals surface area contributed by atoms with Gasteiger partial charge in [-0.15, -0.1) is 0 Å². The number of nitrogens with one attached hydrogen (secondary N) is 3. The molecule has 1 aliphatic carbocycles. The molecule has 0 unspecified atom stereocenters. The van der Waals surface area contributed by atoms with Gasteiger partial charge in [0.15, 0.2) is 5.96 Å². The number of rotatable bonds is 5. The predicted molar refractivity (Wildman–Crippen MR) is 98.1 cm³/mol. The van der Waals surface area contributed by atoms with Crippen molar-refractivity contribution in [2.24, 2.45) is 4.99 Å². The van der Waals surface area contributed by atoms with Crippen molar-refractivity contribution in [1.29, 1.82) is 0 Å². The SMILES string of the molecule is CCNC(=NCCc1c[nH]c2cccc(C)c12)NC1CCCC1. The van der Waals surface area contributed by atoms with Gasteiger partial charge in [-0.05, 0) is 50.3 Å². The first-order valence-corrected chi connectivity index (χ1v) is 8.88. The van der Waals surface area contributed by atoms with Gasteiger partial charge in [0, 0.05) is 36.2 Å². The fraction of sp³-hybridized carbons (Fsp3) is 0.526. The number of aliphatic imine (C=N–C) groups is 1. The third-order valence-corrected chi connectivity index (χ3v) is 4.69. The molecule has 4 heteroatoms. The lowest BCUT2D eigenvalue weighted by atomic mass is 10.1. The molecule has 1 aliphatic rings. The lowest BCUT2D eigenvalue weighted by molar-refractivity contribution is 0.614. The molecule has 3 rings (SSSR count). The monoisotopic (exact) mass is 312 g/mol. The minimum Gasteiger partial charge on any atom is -0.361 e. The number of aromatic nitrogens is 1. The fourth-order valence-corrected chi connectivity index (χ4v) is 3.52. The van der Waals surface area contributed by atoms with Gasteiger partial charge >= 0.3 is 0 Å². The second-order valence-electron chi connectivity index (χ2n) is 6.45. The molecule has 3 N–H and O–H groups in total. The molecule has 0 saturated heterocycles. The Kier molecular flexibility index (Phi) is 5.21. The van der Waals surface area contributed by atoms with Crippen LogP contribution in [0.25, 0.3) is 10.9 Å².